The Morgan fingerprint density at radius 3 is 2.68 bits per heavy atom. The molecule has 3 rings (SSSR count). The molecule has 12 heteroatoms. The molecule has 0 saturated heterocycles. The van der Waals surface area contributed by atoms with E-state index in [9.17, 15) is 8.42 Å². The first kappa shape index (κ1) is 24.4. The molecule has 0 aliphatic rings. The van der Waals surface area contributed by atoms with E-state index in [1.807, 2.05) is 0 Å². The Bertz CT molecular complexity index is 1400. The molecule has 0 aliphatic carbocycles. The summed E-state index contributed by atoms with van der Waals surface area (Å²) < 4.78 is 25.4. The maximum atomic E-state index is 11.5. The number of nitriles is 1. The lowest BCUT2D eigenvalue weighted by atomic mass is 10.1. The highest BCUT2D eigenvalue weighted by Gasteiger charge is 2.13. The van der Waals surface area contributed by atoms with Crippen molar-refractivity contribution < 1.29 is 8.42 Å². The van der Waals surface area contributed by atoms with E-state index in [0.717, 1.165) is 6.26 Å². The number of aliphatic imine (C=N–C) groups is 1. The fourth-order valence-electron chi connectivity index (χ4n) is 3.09. The molecule has 0 saturated carbocycles. The number of sulfonamides is 1. The number of hydrogen-bond acceptors (Lipinski definition) is 10. The van der Waals surface area contributed by atoms with E-state index in [1.165, 1.54) is 6.21 Å². The third kappa shape index (κ3) is 6.64. The van der Waals surface area contributed by atoms with E-state index in [4.69, 9.17) is 16.8 Å². The first-order valence-corrected chi connectivity index (χ1v) is 11.9. The van der Waals surface area contributed by atoms with Crippen molar-refractivity contribution in [2.75, 3.05) is 12.0 Å². The molecule has 2 aromatic heterocycles. The predicted molar refractivity (Wildman–Crippen MR) is 130 cm³/mol. The SMILES string of the molecule is CC(NS(C)(=O)=O)c1cccc(CN=CC(=NN)c2cc(-c3cccc(C#N)c3)nc(N)n2)n1. The molecule has 0 spiro atoms. The number of nitrogen functional groups attached to an aromatic ring is 1. The van der Waals surface area contributed by atoms with Gasteiger partial charge in [-0.25, -0.2) is 23.1 Å². The lowest BCUT2D eigenvalue weighted by Gasteiger charge is -2.12. The zero-order chi connectivity index (χ0) is 24.7. The highest BCUT2D eigenvalue weighted by Crippen LogP contribution is 2.20. The van der Waals surface area contributed by atoms with Crippen LogP contribution in [-0.4, -0.2) is 41.6 Å². The number of anilines is 1. The number of nitrogens with zero attached hydrogens (tertiary/aromatic N) is 6. The van der Waals surface area contributed by atoms with Gasteiger partial charge >= 0.3 is 0 Å². The van der Waals surface area contributed by atoms with Crippen molar-refractivity contribution >= 4 is 27.9 Å². The van der Waals surface area contributed by atoms with Gasteiger partial charge in [0, 0.05) is 5.56 Å². The van der Waals surface area contributed by atoms with E-state index in [1.54, 1.807) is 55.5 Å². The largest absolute Gasteiger partial charge is 0.368 e. The minimum Gasteiger partial charge on any atom is -0.368 e. The van der Waals surface area contributed by atoms with Gasteiger partial charge in [0.25, 0.3) is 0 Å². The van der Waals surface area contributed by atoms with Gasteiger partial charge in [-0.2, -0.15) is 10.4 Å². The minimum absolute atomic E-state index is 0.0196. The second kappa shape index (κ2) is 10.6. The Morgan fingerprint density at radius 1 is 1.21 bits per heavy atom. The van der Waals surface area contributed by atoms with E-state index in [0.29, 0.717) is 33.9 Å². The first-order valence-electron chi connectivity index (χ1n) is 10.0. The third-order valence-corrected chi connectivity index (χ3v) is 5.34. The van der Waals surface area contributed by atoms with Crippen LogP contribution >= 0.6 is 0 Å². The third-order valence-electron chi connectivity index (χ3n) is 4.56. The molecule has 34 heavy (non-hydrogen) atoms. The number of rotatable bonds is 8. The van der Waals surface area contributed by atoms with Crippen LogP contribution in [0.25, 0.3) is 11.3 Å². The van der Waals surface area contributed by atoms with Gasteiger partial charge in [-0.05, 0) is 37.3 Å². The number of hydrogen-bond donors (Lipinski definition) is 3. The average Bonchev–Trinajstić information content (AvgIpc) is 2.80. The Kier molecular flexibility index (Phi) is 7.62. The van der Waals surface area contributed by atoms with Crippen LogP contribution in [0.4, 0.5) is 5.95 Å². The molecule has 0 aliphatic heterocycles. The van der Waals surface area contributed by atoms with Gasteiger partial charge < -0.3 is 11.6 Å². The Balaban J connectivity index is 1.80. The van der Waals surface area contributed by atoms with Crippen molar-refractivity contribution in [2.24, 2.45) is 15.9 Å². The second-order valence-corrected chi connectivity index (χ2v) is 9.12. The summed E-state index contributed by atoms with van der Waals surface area (Å²) in [5.41, 5.74) is 9.41. The van der Waals surface area contributed by atoms with Crippen LogP contribution < -0.4 is 16.3 Å². The summed E-state index contributed by atoms with van der Waals surface area (Å²) in [6, 6.07) is 15.5. The van der Waals surface area contributed by atoms with Gasteiger partial charge in [0.1, 0.15) is 5.71 Å². The van der Waals surface area contributed by atoms with Crippen LogP contribution in [0.1, 0.15) is 35.6 Å². The molecule has 3 aromatic rings. The zero-order valence-electron chi connectivity index (χ0n) is 18.5. The molecule has 2 heterocycles. The fraction of sp³-hybridized carbons (Fsp3) is 0.182. The Hall–Kier alpha value is -4.21. The van der Waals surface area contributed by atoms with Crippen molar-refractivity contribution in [2.45, 2.75) is 19.5 Å². The van der Waals surface area contributed by atoms with E-state index < -0.39 is 16.1 Å². The van der Waals surface area contributed by atoms with E-state index in [-0.39, 0.29) is 18.2 Å². The summed E-state index contributed by atoms with van der Waals surface area (Å²) in [5, 5.41) is 12.9. The highest BCUT2D eigenvalue weighted by atomic mass is 32.2. The maximum Gasteiger partial charge on any atom is 0.221 e. The van der Waals surface area contributed by atoms with Crippen LogP contribution in [-0.2, 0) is 16.6 Å². The zero-order valence-corrected chi connectivity index (χ0v) is 19.4. The van der Waals surface area contributed by atoms with Gasteiger partial charge in [0.15, 0.2) is 0 Å². The number of hydrazone groups is 1. The molecule has 1 atom stereocenters. The molecule has 174 valence electrons. The first-order chi connectivity index (χ1) is 16.2. The monoisotopic (exact) mass is 477 g/mol. The van der Waals surface area contributed by atoms with Gasteiger partial charge in [-0.3, -0.25) is 9.98 Å². The van der Waals surface area contributed by atoms with E-state index in [2.05, 4.69) is 35.8 Å². The molecule has 11 nitrogen and oxygen atoms in total. The summed E-state index contributed by atoms with van der Waals surface area (Å²) in [6.45, 7) is 1.91. The van der Waals surface area contributed by atoms with Crippen LogP contribution in [0.5, 0.6) is 0 Å². The Labute approximate surface area is 197 Å². The molecule has 0 radical (unpaired) electrons. The molecular weight excluding hydrogens is 454 g/mol. The van der Waals surface area contributed by atoms with Gasteiger partial charge in [0.05, 0.1) is 59.5 Å². The second-order valence-electron chi connectivity index (χ2n) is 7.34. The number of aromatic nitrogens is 3. The summed E-state index contributed by atoms with van der Waals surface area (Å²) in [5.74, 6) is 5.58. The molecule has 0 fully saturated rings. The molecule has 1 aromatic carbocycles. The molecule has 1 unspecified atom stereocenters. The number of benzene rings is 1. The van der Waals surface area contributed by atoms with Gasteiger partial charge in [0.2, 0.25) is 16.0 Å². The van der Waals surface area contributed by atoms with Gasteiger partial charge in [-0.15, -0.1) is 0 Å². The standard InChI is InChI=1S/C22H23N9O2S/c1-14(31-34(2,32)33)18-8-4-7-17(27-18)12-26-13-21(30-25)20-10-19(28-22(24)29-20)16-6-3-5-15(9-16)11-23/h3-10,13-14,31H,12,25H2,1-2H3,(H2,24,28,29). The number of nitrogens with two attached hydrogens (primary N) is 2. The van der Waals surface area contributed by atoms with Crippen molar-refractivity contribution in [3.05, 3.63) is 71.2 Å². The van der Waals surface area contributed by atoms with Crippen LogP contribution in [0.3, 0.4) is 0 Å². The van der Waals surface area contributed by atoms with Crippen molar-refractivity contribution in [1.82, 2.24) is 19.7 Å². The van der Waals surface area contributed by atoms with Crippen LogP contribution in [0.15, 0.2) is 58.6 Å². The smallest absolute Gasteiger partial charge is 0.221 e. The summed E-state index contributed by atoms with van der Waals surface area (Å²) in [7, 11) is -3.37. The summed E-state index contributed by atoms with van der Waals surface area (Å²) in [6.07, 6.45) is 2.54. The maximum absolute atomic E-state index is 11.5. The van der Waals surface area contributed by atoms with Crippen molar-refractivity contribution in [1.29, 1.82) is 5.26 Å². The normalized spacial score (nSPS) is 13.0. The number of pyridine rings is 1. The lowest BCUT2D eigenvalue weighted by molar-refractivity contribution is 0.569. The van der Waals surface area contributed by atoms with Crippen molar-refractivity contribution in [3.63, 3.8) is 0 Å². The highest BCUT2D eigenvalue weighted by molar-refractivity contribution is 7.88. The van der Waals surface area contributed by atoms with Crippen molar-refractivity contribution in [3.8, 4) is 17.3 Å². The fourth-order valence-corrected chi connectivity index (χ4v) is 3.86. The average molecular weight is 478 g/mol. The molecule has 0 bridgehead atoms. The topological polar surface area (TPSA) is 185 Å². The number of nitrogens with one attached hydrogen (secondary N) is 1. The quantitative estimate of drug-likeness (QED) is 0.247. The van der Waals surface area contributed by atoms with Crippen LogP contribution in [0.2, 0.25) is 0 Å². The summed E-state index contributed by atoms with van der Waals surface area (Å²) >= 11 is 0. The van der Waals surface area contributed by atoms with E-state index >= 15 is 0 Å². The van der Waals surface area contributed by atoms with Gasteiger partial charge in [-0.1, -0.05) is 18.2 Å². The molecule has 0 amide bonds. The minimum atomic E-state index is -3.37. The predicted octanol–water partition coefficient (Wildman–Crippen LogP) is 1.54. The van der Waals surface area contributed by atoms with Crippen LogP contribution in [0, 0.1) is 11.3 Å². The molecular formula is C22H23N9O2S. The Morgan fingerprint density at radius 2 is 1.97 bits per heavy atom. The lowest BCUT2D eigenvalue weighted by Crippen LogP contribution is -2.26. The molecule has 5 N–H and O–H groups in total. The summed E-state index contributed by atoms with van der Waals surface area (Å²) in [4.78, 5) is 17.2.